The summed E-state index contributed by atoms with van der Waals surface area (Å²) in [4.78, 5) is 21.6. The Morgan fingerprint density at radius 3 is 2.05 bits per heavy atom. The number of hydrogen-bond acceptors (Lipinski definition) is 2. The van der Waals surface area contributed by atoms with Gasteiger partial charge in [-0.2, -0.15) is 22.0 Å². The van der Waals surface area contributed by atoms with Crippen molar-refractivity contribution in [2.24, 2.45) is 0 Å². The van der Waals surface area contributed by atoms with Crippen molar-refractivity contribution in [2.45, 2.75) is 12.1 Å². The highest BCUT2D eigenvalue weighted by molar-refractivity contribution is 6.03. The highest BCUT2D eigenvalue weighted by Gasteiger charge is 2.63. The van der Waals surface area contributed by atoms with E-state index in [4.69, 9.17) is 5.11 Å². The highest BCUT2D eigenvalue weighted by Crippen LogP contribution is 2.36. The van der Waals surface area contributed by atoms with E-state index in [9.17, 15) is 31.5 Å². The van der Waals surface area contributed by atoms with Crippen LogP contribution in [-0.2, 0) is 4.79 Å². The summed E-state index contributed by atoms with van der Waals surface area (Å²) in [5, 5.41) is 9.93. The fourth-order valence-corrected chi connectivity index (χ4v) is 1.11. The summed E-state index contributed by atoms with van der Waals surface area (Å²) >= 11 is 0. The van der Waals surface area contributed by atoms with Crippen molar-refractivity contribution >= 4 is 17.6 Å². The van der Waals surface area contributed by atoms with Crippen molar-refractivity contribution in [3.63, 3.8) is 0 Å². The Bertz CT molecular complexity index is 512. The molecule has 1 aromatic carbocycles. The van der Waals surface area contributed by atoms with Gasteiger partial charge in [-0.25, -0.2) is 4.79 Å². The fraction of sp³-hybridized carbons (Fsp3) is 0.200. The van der Waals surface area contributed by atoms with Crippen LogP contribution in [0.15, 0.2) is 24.3 Å². The van der Waals surface area contributed by atoms with Gasteiger partial charge in [-0.15, -0.1) is 0 Å². The number of carboxylic acid groups (broad SMARTS) is 1. The van der Waals surface area contributed by atoms with Crippen LogP contribution in [0.2, 0.25) is 0 Å². The average Bonchev–Trinajstić information content (AvgIpc) is 2.27. The molecule has 0 aliphatic carbocycles. The number of hydrogen-bond donors (Lipinski definition) is 2. The molecule has 2 N–H and O–H groups in total. The van der Waals surface area contributed by atoms with Gasteiger partial charge < -0.3 is 10.4 Å². The van der Waals surface area contributed by atoms with Crippen molar-refractivity contribution in [3.05, 3.63) is 29.8 Å². The molecule has 0 radical (unpaired) electrons. The summed E-state index contributed by atoms with van der Waals surface area (Å²) in [5.74, 6) is -9.83. The molecule has 0 atom stereocenters. The van der Waals surface area contributed by atoms with Gasteiger partial charge in [0.15, 0.2) is 0 Å². The zero-order chi connectivity index (χ0) is 14.8. The quantitative estimate of drug-likeness (QED) is 0.838. The first-order valence-electron chi connectivity index (χ1n) is 4.65. The summed E-state index contributed by atoms with van der Waals surface area (Å²) in [7, 11) is 0. The molecule has 1 amide bonds. The second kappa shape index (κ2) is 4.82. The normalized spacial score (nSPS) is 12.1. The van der Waals surface area contributed by atoms with E-state index < -0.39 is 35.2 Å². The molecule has 0 unspecified atom stereocenters. The third kappa shape index (κ3) is 2.98. The topological polar surface area (TPSA) is 66.4 Å². The molecule has 9 heteroatoms. The maximum absolute atomic E-state index is 12.7. The van der Waals surface area contributed by atoms with Gasteiger partial charge in [0.1, 0.15) is 0 Å². The van der Waals surface area contributed by atoms with Crippen molar-refractivity contribution in [1.29, 1.82) is 0 Å². The van der Waals surface area contributed by atoms with E-state index in [1.165, 1.54) is 17.4 Å². The molecule has 0 saturated carbocycles. The number of amides is 1. The molecule has 104 valence electrons. The standard InChI is InChI=1S/C10H6F5NO3/c11-9(12,10(13,14)15)8(19)16-6-4-2-1-3-5(6)7(17)18/h1-4H,(H,16,19)(H,17,18). The Balaban J connectivity index is 3.05. The number of aromatic carboxylic acids is 1. The molecule has 1 aromatic rings. The van der Waals surface area contributed by atoms with Gasteiger partial charge in [0.05, 0.1) is 11.3 Å². The number of anilines is 1. The molecular formula is C10H6F5NO3. The number of carbonyl (C=O) groups excluding carboxylic acids is 1. The van der Waals surface area contributed by atoms with Gasteiger partial charge in [0, 0.05) is 0 Å². The molecule has 1 rings (SSSR count). The molecule has 19 heavy (non-hydrogen) atoms. The molecule has 4 nitrogen and oxygen atoms in total. The largest absolute Gasteiger partial charge is 0.478 e. The van der Waals surface area contributed by atoms with Gasteiger partial charge in [0.2, 0.25) is 0 Å². The molecule has 0 fully saturated rings. The van der Waals surface area contributed by atoms with Crippen molar-refractivity contribution < 1.29 is 36.6 Å². The average molecular weight is 283 g/mol. The van der Waals surface area contributed by atoms with Crippen molar-refractivity contribution in [2.75, 3.05) is 5.32 Å². The Morgan fingerprint density at radius 1 is 1.05 bits per heavy atom. The SMILES string of the molecule is O=C(O)c1ccccc1NC(=O)C(F)(F)C(F)(F)F. The maximum atomic E-state index is 12.7. The van der Waals surface area contributed by atoms with E-state index in [0.717, 1.165) is 12.1 Å². The van der Waals surface area contributed by atoms with E-state index in [-0.39, 0.29) is 0 Å². The smallest absolute Gasteiger partial charge is 0.463 e. The fourth-order valence-electron chi connectivity index (χ4n) is 1.11. The molecule has 0 spiro atoms. The lowest BCUT2D eigenvalue weighted by Crippen LogP contribution is -2.47. The van der Waals surface area contributed by atoms with Crippen LogP contribution in [0.5, 0.6) is 0 Å². The van der Waals surface area contributed by atoms with Crippen LogP contribution in [0.1, 0.15) is 10.4 Å². The number of carboxylic acids is 1. The van der Waals surface area contributed by atoms with Crippen molar-refractivity contribution in [1.82, 2.24) is 0 Å². The van der Waals surface area contributed by atoms with Crippen LogP contribution in [-0.4, -0.2) is 29.1 Å². The Kier molecular flexibility index (Phi) is 3.78. The lowest BCUT2D eigenvalue weighted by atomic mass is 10.1. The Morgan fingerprint density at radius 2 is 1.58 bits per heavy atom. The van der Waals surface area contributed by atoms with Gasteiger partial charge >= 0.3 is 24.0 Å². The Hall–Kier alpha value is -2.19. The maximum Gasteiger partial charge on any atom is 0.463 e. The highest BCUT2D eigenvalue weighted by atomic mass is 19.4. The number of para-hydroxylation sites is 1. The van der Waals surface area contributed by atoms with E-state index in [1.807, 2.05) is 0 Å². The van der Waals surface area contributed by atoms with E-state index in [0.29, 0.717) is 0 Å². The Labute approximate surface area is 102 Å². The molecule has 0 bridgehead atoms. The third-order valence-electron chi connectivity index (χ3n) is 2.05. The minimum absolute atomic E-state index is 0.603. The molecule has 0 aliphatic rings. The molecule has 0 heterocycles. The van der Waals surface area contributed by atoms with E-state index >= 15 is 0 Å². The number of carbonyl (C=O) groups is 2. The first-order chi connectivity index (χ1) is 8.57. The lowest BCUT2D eigenvalue weighted by Gasteiger charge is -2.19. The van der Waals surface area contributed by atoms with Crippen LogP contribution >= 0.6 is 0 Å². The number of nitrogens with one attached hydrogen (secondary N) is 1. The van der Waals surface area contributed by atoms with Gasteiger partial charge in [-0.05, 0) is 12.1 Å². The van der Waals surface area contributed by atoms with Crippen LogP contribution < -0.4 is 5.32 Å². The van der Waals surface area contributed by atoms with E-state index in [2.05, 4.69) is 0 Å². The minimum Gasteiger partial charge on any atom is -0.478 e. The van der Waals surface area contributed by atoms with Crippen LogP contribution in [0.4, 0.5) is 27.6 Å². The zero-order valence-electron chi connectivity index (χ0n) is 8.96. The van der Waals surface area contributed by atoms with Crippen LogP contribution in [0.3, 0.4) is 0 Å². The second-order valence-corrected chi connectivity index (χ2v) is 3.38. The summed E-state index contributed by atoms with van der Waals surface area (Å²) in [6.45, 7) is 0. The van der Waals surface area contributed by atoms with Crippen LogP contribution in [0, 0.1) is 0 Å². The lowest BCUT2D eigenvalue weighted by molar-refractivity contribution is -0.267. The monoisotopic (exact) mass is 283 g/mol. The number of benzene rings is 1. The summed E-state index contributed by atoms with van der Waals surface area (Å²) in [6.07, 6.45) is -6.06. The molecular weight excluding hydrogens is 277 g/mol. The number of rotatable bonds is 3. The second-order valence-electron chi connectivity index (χ2n) is 3.38. The van der Waals surface area contributed by atoms with Crippen LogP contribution in [0.25, 0.3) is 0 Å². The first-order valence-corrected chi connectivity index (χ1v) is 4.65. The molecule has 0 aliphatic heterocycles. The van der Waals surface area contributed by atoms with Gasteiger partial charge in [-0.3, -0.25) is 4.79 Å². The molecule has 0 aromatic heterocycles. The first kappa shape index (κ1) is 14.9. The zero-order valence-corrected chi connectivity index (χ0v) is 8.96. The molecule has 0 saturated heterocycles. The summed E-state index contributed by atoms with van der Waals surface area (Å²) in [6, 6.07) is 4.24. The predicted octanol–water partition coefficient (Wildman–Crippen LogP) is 2.52. The van der Waals surface area contributed by atoms with Gasteiger partial charge in [0.25, 0.3) is 0 Å². The van der Waals surface area contributed by atoms with Crippen molar-refractivity contribution in [3.8, 4) is 0 Å². The van der Waals surface area contributed by atoms with Gasteiger partial charge in [-0.1, -0.05) is 12.1 Å². The predicted molar refractivity (Wildman–Crippen MR) is 53.0 cm³/mol. The van der Waals surface area contributed by atoms with E-state index in [1.54, 1.807) is 0 Å². The third-order valence-corrected chi connectivity index (χ3v) is 2.05. The summed E-state index contributed by atoms with van der Waals surface area (Å²) < 4.78 is 61.1. The number of halogens is 5. The summed E-state index contributed by atoms with van der Waals surface area (Å²) in [5.41, 5.74) is -1.25. The minimum atomic E-state index is -6.06. The number of alkyl halides is 5.